The maximum absolute atomic E-state index is 13.0. The summed E-state index contributed by atoms with van der Waals surface area (Å²) in [6.45, 7) is 2.69. The predicted octanol–water partition coefficient (Wildman–Crippen LogP) is 2.29. The minimum atomic E-state index is -0.955. The van der Waals surface area contributed by atoms with Crippen molar-refractivity contribution in [1.29, 1.82) is 0 Å². The first-order valence-electron chi connectivity index (χ1n) is 6.05. The molecule has 0 aromatic heterocycles. The first-order valence-corrected chi connectivity index (χ1v) is 6.05. The van der Waals surface area contributed by atoms with Crippen molar-refractivity contribution in [1.82, 2.24) is 5.32 Å². The molecule has 0 saturated carbocycles. The van der Waals surface area contributed by atoms with Crippen LogP contribution in [0, 0.1) is 17.6 Å². The molecule has 0 spiro atoms. The van der Waals surface area contributed by atoms with Crippen molar-refractivity contribution >= 4 is 11.6 Å². The molecule has 1 aliphatic rings. The smallest absolute Gasteiger partial charge is 0.228 e. The number of hydrogen-bond donors (Lipinski definition) is 2. The van der Waals surface area contributed by atoms with Crippen molar-refractivity contribution in [2.45, 2.75) is 25.8 Å². The number of anilines is 1. The molecule has 5 heteroatoms. The van der Waals surface area contributed by atoms with Crippen molar-refractivity contribution in [3.8, 4) is 0 Å². The molecule has 1 aromatic rings. The van der Waals surface area contributed by atoms with Gasteiger partial charge in [-0.15, -0.1) is 0 Å². The highest BCUT2D eigenvalue weighted by molar-refractivity contribution is 5.92. The van der Waals surface area contributed by atoms with E-state index in [0.717, 1.165) is 25.0 Å². The number of carbonyl (C=O) groups excluding carboxylic acids is 1. The van der Waals surface area contributed by atoms with Crippen LogP contribution < -0.4 is 10.6 Å². The molecule has 2 rings (SSSR count). The van der Waals surface area contributed by atoms with Gasteiger partial charge in [0.15, 0.2) is 11.6 Å². The van der Waals surface area contributed by atoms with Crippen LogP contribution in [0.1, 0.15) is 19.8 Å². The van der Waals surface area contributed by atoms with Crippen molar-refractivity contribution in [3.05, 3.63) is 29.8 Å². The second-order valence-corrected chi connectivity index (χ2v) is 4.70. The van der Waals surface area contributed by atoms with Crippen LogP contribution in [-0.2, 0) is 4.79 Å². The highest BCUT2D eigenvalue weighted by Crippen LogP contribution is 2.18. The fraction of sp³-hybridized carbons (Fsp3) is 0.462. The van der Waals surface area contributed by atoms with Gasteiger partial charge in [0.2, 0.25) is 5.91 Å². The Bertz CT molecular complexity index is 443. The van der Waals surface area contributed by atoms with Gasteiger partial charge in [0, 0.05) is 24.3 Å². The van der Waals surface area contributed by atoms with Gasteiger partial charge < -0.3 is 10.6 Å². The number of carbonyl (C=O) groups is 1. The summed E-state index contributed by atoms with van der Waals surface area (Å²) < 4.78 is 25.7. The Hall–Kier alpha value is -1.49. The lowest BCUT2D eigenvalue weighted by atomic mass is 9.95. The molecule has 2 N–H and O–H groups in total. The first kappa shape index (κ1) is 13.0. The van der Waals surface area contributed by atoms with Crippen LogP contribution in [0.4, 0.5) is 14.5 Å². The molecule has 1 aromatic carbocycles. The van der Waals surface area contributed by atoms with Gasteiger partial charge in [-0.2, -0.15) is 0 Å². The Balaban J connectivity index is 1.96. The quantitative estimate of drug-likeness (QED) is 0.850. The summed E-state index contributed by atoms with van der Waals surface area (Å²) in [6, 6.07) is 3.78. The lowest BCUT2D eigenvalue weighted by Crippen LogP contribution is -2.41. The zero-order chi connectivity index (χ0) is 13.1. The Kier molecular flexibility index (Phi) is 3.91. The molecular weight excluding hydrogens is 238 g/mol. The number of rotatable bonds is 2. The number of amides is 1. The first-order chi connectivity index (χ1) is 8.56. The summed E-state index contributed by atoms with van der Waals surface area (Å²) in [4.78, 5) is 11.9. The average molecular weight is 254 g/mol. The zero-order valence-corrected chi connectivity index (χ0v) is 10.2. The third kappa shape index (κ3) is 3.04. The van der Waals surface area contributed by atoms with Gasteiger partial charge in [-0.25, -0.2) is 8.78 Å². The molecule has 2 unspecified atom stereocenters. The van der Waals surface area contributed by atoms with Gasteiger partial charge in [-0.05, 0) is 31.9 Å². The van der Waals surface area contributed by atoms with E-state index in [-0.39, 0.29) is 17.5 Å². The van der Waals surface area contributed by atoms with Gasteiger partial charge in [0.25, 0.3) is 0 Å². The molecule has 1 fully saturated rings. The number of benzene rings is 1. The lowest BCUT2D eigenvalue weighted by molar-refractivity contribution is -0.120. The second-order valence-electron chi connectivity index (χ2n) is 4.70. The van der Waals surface area contributed by atoms with Crippen molar-refractivity contribution in [2.24, 2.45) is 5.92 Å². The number of hydrogen-bond acceptors (Lipinski definition) is 2. The largest absolute Gasteiger partial charge is 0.326 e. The van der Waals surface area contributed by atoms with E-state index in [4.69, 9.17) is 0 Å². The highest BCUT2D eigenvalue weighted by atomic mass is 19.2. The fourth-order valence-corrected chi connectivity index (χ4v) is 2.04. The summed E-state index contributed by atoms with van der Waals surface area (Å²) in [5, 5.41) is 5.83. The molecular formula is C13H16F2N2O. The minimum absolute atomic E-state index is 0.116. The zero-order valence-electron chi connectivity index (χ0n) is 10.2. The van der Waals surface area contributed by atoms with Gasteiger partial charge in [0.05, 0.1) is 5.92 Å². The fourth-order valence-electron chi connectivity index (χ4n) is 2.04. The van der Waals surface area contributed by atoms with E-state index in [2.05, 4.69) is 17.6 Å². The van der Waals surface area contributed by atoms with E-state index >= 15 is 0 Å². The summed E-state index contributed by atoms with van der Waals surface area (Å²) in [7, 11) is 0. The van der Waals surface area contributed by atoms with E-state index in [1.807, 2.05) is 0 Å². The maximum atomic E-state index is 13.0. The van der Waals surface area contributed by atoms with Crippen molar-refractivity contribution in [2.75, 3.05) is 11.9 Å². The Labute approximate surface area is 105 Å². The molecule has 0 aliphatic carbocycles. The van der Waals surface area contributed by atoms with Crippen LogP contribution in [0.5, 0.6) is 0 Å². The Morgan fingerprint density at radius 2 is 2.11 bits per heavy atom. The molecule has 1 heterocycles. The molecule has 1 amide bonds. The van der Waals surface area contributed by atoms with Gasteiger partial charge in [-0.3, -0.25) is 4.79 Å². The lowest BCUT2D eigenvalue weighted by Gasteiger charge is -2.26. The van der Waals surface area contributed by atoms with Crippen LogP contribution in [0.25, 0.3) is 0 Å². The summed E-state index contributed by atoms with van der Waals surface area (Å²) in [5.74, 6) is -2.14. The summed E-state index contributed by atoms with van der Waals surface area (Å²) in [5.41, 5.74) is 0.289. The Morgan fingerprint density at radius 3 is 2.72 bits per heavy atom. The van der Waals surface area contributed by atoms with E-state index in [1.54, 1.807) is 0 Å². The molecule has 18 heavy (non-hydrogen) atoms. The number of halogens is 2. The molecule has 98 valence electrons. The predicted molar refractivity (Wildman–Crippen MR) is 65.2 cm³/mol. The van der Waals surface area contributed by atoms with Crippen LogP contribution in [0.15, 0.2) is 18.2 Å². The molecule has 1 aliphatic heterocycles. The molecule has 2 atom stereocenters. The second kappa shape index (κ2) is 5.44. The van der Waals surface area contributed by atoms with Crippen LogP contribution in [0.3, 0.4) is 0 Å². The van der Waals surface area contributed by atoms with Gasteiger partial charge in [0.1, 0.15) is 0 Å². The third-order valence-corrected chi connectivity index (χ3v) is 3.22. The molecule has 0 bridgehead atoms. The molecule has 0 radical (unpaired) electrons. The van der Waals surface area contributed by atoms with Crippen LogP contribution in [-0.4, -0.2) is 18.5 Å². The van der Waals surface area contributed by atoms with Crippen LogP contribution >= 0.6 is 0 Å². The van der Waals surface area contributed by atoms with E-state index in [9.17, 15) is 13.6 Å². The normalized spacial score (nSPS) is 23.7. The van der Waals surface area contributed by atoms with E-state index in [0.29, 0.717) is 12.6 Å². The maximum Gasteiger partial charge on any atom is 0.228 e. The minimum Gasteiger partial charge on any atom is -0.326 e. The van der Waals surface area contributed by atoms with E-state index in [1.165, 1.54) is 6.07 Å². The Morgan fingerprint density at radius 1 is 1.33 bits per heavy atom. The van der Waals surface area contributed by atoms with Crippen LogP contribution in [0.2, 0.25) is 0 Å². The van der Waals surface area contributed by atoms with E-state index < -0.39 is 11.6 Å². The average Bonchev–Trinajstić information content (AvgIpc) is 2.34. The summed E-state index contributed by atoms with van der Waals surface area (Å²) in [6.07, 6.45) is 1.75. The highest BCUT2D eigenvalue weighted by Gasteiger charge is 2.23. The topological polar surface area (TPSA) is 41.1 Å². The third-order valence-electron chi connectivity index (χ3n) is 3.22. The standard InChI is InChI=1S/C13H16F2N2O/c1-8-2-3-9(7-16-8)13(18)17-10-4-5-11(14)12(15)6-10/h4-6,8-9,16H,2-3,7H2,1H3,(H,17,18). The van der Waals surface area contributed by atoms with Crippen molar-refractivity contribution < 1.29 is 13.6 Å². The van der Waals surface area contributed by atoms with Gasteiger partial charge in [-0.1, -0.05) is 0 Å². The number of nitrogens with one attached hydrogen (secondary N) is 2. The summed E-state index contributed by atoms with van der Waals surface area (Å²) >= 11 is 0. The number of piperidine rings is 1. The molecule has 1 saturated heterocycles. The van der Waals surface area contributed by atoms with Crippen molar-refractivity contribution in [3.63, 3.8) is 0 Å². The monoisotopic (exact) mass is 254 g/mol. The van der Waals surface area contributed by atoms with Gasteiger partial charge >= 0.3 is 0 Å². The molecule has 3 nitrogen and oxygen atoms in total. The SMILES string of the molecule is CC1CCC(C(=O)Nc2ccc(F)c(F)c2)CN1.